The predicted molar refractivity (Wildman–Crippen MR) is 74.2 cm³/mol. The minimum absolute atomic E-state index is 0.406. The molecule has 0 radical (unpaired) electrons. The lowest BCUT2D eigenvalue weighted by Gasteiger charge is -2.31. The van der Waals surface area contributed by atoms with Crippen LogP contribution in [0.2, 0.25) is 0 Å². The van der Waals surface area contributed by atoms with E-state index in [1.807, 2.05) is 0 Å². The highest BCUT2D eigenvalue weighted by Gasteiger charge is 2.37. The summed E-state index contributed by atoms with van der Waals surface area (Å²) in [5, 5.41) is 3.58. The summed E-state index contributed by atoms with van der Waals surface area (Å²) in [5.74, 6) is 2.06. The molecule has 0 aromatic carbocycles. The van der Waals surface area contributed by atoms with E-state index in [2.05, 4.69) is 37.9 Å². The largest absolute Gasteiger partial charge is 0.314 e. The van der Waals surface area contributed by atoms with Gasteiger partial charge in [-0.3, -0.25) is 0 Å². The van der Waals surface area contributed by atoms with Crippen LogP contribution in [0.15, 0.2) is 0 Å². The molecule has 2 aliphatic rings. The first kappa shape index (κ1) is 13.4. The van der Waals surface area contributed by atoms with Gasteiger partial charge in [-0.2, -0.15) is 0 Å². The number of rotatable bonds is 5. The van der Waals surface area contributed by atoms with Crippen LogP contribution in [0.25, 0.3) is 0 Å². The summed E-state index contributed by atoms with van der Waals surface area (Å²) in [6.45, 7) is 14.4. The van der Waals surface area contributed by atoms with Crippen molar-refractivity contribution in [2.24, 2.45) is 17.3 Å². The Bertz CT molecular complexity index is 235. The molecule has 2 nitrogen and oxygen atoms in total. The zero-order valence-electron chi connectivity index (χ0n) is 12.1. The van der Waals surface area contributed by atoms with E-state index in [0.717, 1.165) is 18.4 Å². The summed E-state index contributed by atoms with van der Waals surface area (Å²) in [7, 11) is 0. The SMILES string of the molecule is CC(C)NCC(C)(C)CN1CC2CCCC2C1. The number of hydrogen-bond donors (Lipinski definition) is 1. The smallest absolute Gasteiger partial charge is 0.00451 e. The van der Waals surface area contributed by atoms with Gasteiger partial charge in [0.1, 0.15) is 0 Å². The molecule has 2 rings (SSSR count). The highest BCUT2D eigenvalue weighted by atomic mass is 15.2. The second kappa shape index (κ2) is 5.27. The maximum Gasteiger partial charge on any atom is 0.00451 e. The van der Waals surface area contributed by atoms with Crippen molar-refractivity contribution in [2.75, 3.05) is 26.2 Å². The van der Waals surface area contributed by atoms with Gasteiger partial charge in [-0.25, -0.2) is 0 Å². The number of fused-ring (bicyclic) bond motifs is 1. The van der Waals surface area contributed by atoms with Gasteiger partial charge in [0, 0.05) is 32.2 Å². The molecule has 100 valence electrons. The fraction of sp³-hybridized carbons (Fsp3) is 1.00. The van der Waals surface area contributed by atoms with Crippen LogP contribution in [0, 0.1) is 17.3 Å². The van der Waals surface area contributed by atoms with Crippen molar-refractivity contribution < 1.29 is 0 Å². The fourth-order valence-corrected chi connectivity index (χ4v) is 3.60. The molecular formula is C15H30N2. The minimum Gasteiger partial charge on any atom is -0.314 e. The number of nitrogens with one attached hydrogen (secondary N) is 1. The van der Waals surface area contributed by atoms with E-state index in [1.165, 1.54) is 38.9 Å². The van der Waals surface area contributed by atoms with E-state index in [9.17, 15) is 0 Å². The molecule has 17 heavy (non-hydrogen) atoms. The van der Waals surface area contributed by atoms with Crippen LogP contribution in [0.3, 0.4) is 0 Å². The topological polar surface area (TPSA) is 15.3 Å². The lowest BCUT2D eigenvalue weighted by molar-refractivity contribution is 0.190. The van der Waals surface area contributed by atoms with Crippen molar-refractivity contribution in [1.82, 2.24) is 10.2 Å². The van der Waals surface area contributed by atoms with Gasteiger partial charge in [-0.05, 0) is 30.1 Å². The van der Waals surface area contributed by atoms with Crippen molar-refractivity contribution in [3.63, 3.8) is 0 Å². The summed E-state index contributed by atoms with van der Waals surface area (Å²) in [4.78, 5) is 2.72. The number of hydrogen-bond acceptors (Lipinski definition) is 2. The van der Waals surface area contributed by atoms with Crippen LogP contribution in [0.5, 0.6) is 0 Å². The average molecular weight is 238 g/mol. The fourth-order valence-electron chi connectivity index (χ4n) is 3.60. The number of likely N-dealkylation sites (tertiary alicyclic amines) is 1. The maximum absolute atomic E-state index is 3.58. The molecular weight excluding hydrogens is 208 g/mol. The van der Waals surface area contributed by atoms with Crippen molar-refractivity contribution in [2.45, 2.75) is 53.0 Å². The Morgan fingerprint density at radius 3 is 2.29 bits per heavy atom. The molecule has 2 atom stereocenters. The Balaban J connectivity index is 1.76. The van der Waals surface area contributed by atoms with Crippen molar-refractivity contribution in [3.05, 3.63) is 0 Å². The van der Waals surface area contributed by atoms with E-state index < -0.39 is 0 Å². The Kier molecular flexibility index (Phi) is 4.14. The molecule has 0 bridgehead atoms. The molecule has 2 fully saturated rings. The average Bonchev–Trinajstić information content (AvgIpc) is 2.74. The van der Waals surface area contributed by atoms with Gasteiger partial charge in [0.25, 0.3) is 0 Å². The third-order valence-electron chi connectivity index (χ3n) is 4.44. The van der Waals surface area contributed by atoms with Crippen LogP contribution in [0.4, 0.5) is 0 Å². The lowest BCUT2D eigenvalue weighted by atomic mass is 9.92. The summed E-state index contributed by atoms with van der Waals surface area (Å²) in [5.41, 5.74) is 0.406. The molecule has 0 aromatic rings. The maximum atomic E-state index is 3.58. The van der Waals surface area contributed by atoms with Crippen molar-refractivity contribution in [1.29, 1.82) is 0 Å². The van der Waals surface area contributed by atoms with Gasteiger partial charge < -0.3 is 10.2 Å². The number of nitrogens with zero attached hydrogens (tertiary/aromatic N) is 1. The zero-order chi connectivity index (χ0) is 12.5. The Labute approximate surface area is 107 Å². The first-order valence-corrected chi connectivity index (χ1v) is 7.42. The van der Waals surface area contributed by atoms with E-state index >= 15 is 0 Å². The molecule has 1 aliphatic carbocycles. The summed E-state index contributed by atoms with van der Waals surface area (Å²) >= 11 is 0. The van der Waals surface area contributed by atoms with Crippen molar-refractivity contribution in [3.8, 4) is 0 Å². The summed E-state index contributed by atoms with van der Waals surface area (Å²) in [6.07, 6.45) is 4.47. The molecule has 1 N–H and O–H groups in total. The normalized spacial score (nSPS) is 30.2. The lowest BCUT2D eigenvalue weighted by Crippen LogP contribution is -2.41. The molecule has 1 saturated carbocycles. The third kappa shape index (κ3) is 3.69. The van der Waals surface area contributed by atoms with Crippen LogP contribution < -0.4 is 5.32 Å². The molecule has 0 amide bonds. The van der Waals surface area contributed by atoms with Gasteiger partial charge in [0.05, 0.1) is 0 Å². The first-order chi connectivity index (χ1) is 7.96. The highest BCUT2D eigenvalue weighted by molar-refractivity contribution is 4.90. The third-order valence-corrected chi connectivity index (χ3v) is 4.44. The van der Waals surface area contributed by atoms with Crippen LogP contribution in [0.1, 0.15) is 47.0 Å². The van der Waals surface area contributed by atoms with E-state index in [1.54, 1.807) is 0 Å². The van der Waals surface area contributed by atoms with Crippen molar-refractivity contribution >= 4 is 0 Å². The molecule has 0 spiro atoms. The van der Waals surface area contributed by atoms with Crippen LogP contribution in [-0.2, 0) is 0 Å². The van der Waals surface area contributed by atoms with E-state index in [-0.39, 0.29) is 0 Å². The Morgan fingerprint density at radius 1 is 1.18 bits per heavy atom. The molecule has 1 saturated heterocycles. The predicted octanol–water partition coefficient (Wildman–Crippen LogP) is 2.74. The quantitative estimate of drug-likeness (QED) is 0.792. The molecule has 1 heterocycles. The van der Waals surface area contributed by atoms with Crippen LogP contribution in [-0.4, -0.2) is 37.1 Å². The van der Waals surface area contributed by atoms with Gasteiger partial charge in [0.2, 0.25) is 0 Å². The van der Waals surface area contributed by atoms with Crippen LogP contribution >= 0.6 is 0 Å². The Hall–Kier alpha value is -0.0800. The van der Waals surface area contributed by atoms with Gasteiger partial charge in [-0.1, -0.05) is 34.1 Å². The highest BCUT2D eigenvalue weighted by Crippen LogP contribution is 2.38. The summed E-state index contributed by atoms with van der Waals surface area (Å²) < 4.78 is 0. The molecule has 0 aromatic heterocycles. The first-order valence-electron chi connectivity index (χ1n) is 7.42. The monoisotopic (exact) mass is 238 g/mol. The zero-order valence-corrected chi connectivity index (χ0v) is 12.1. The van der Waals surface area contributed by atoms with Gasteiger partial charge in [-0.15, -0.1) is 0 Å². The Morgan fingerprint density at radius 2 is 1.76 bits per heavy atom. The standard InChI is InChI=1S/C15H30N2/c1-12(2)16-10-15(3,4)11-17-8-13-6-5-7-14(13)9-17/h12-14,16H,5-11H2,1-4H3. The second-order valence-electron chi connectivity index (χ2n) is 7.34. The summed E-state index contributed by atoms with van der Waals surface area (Å²) in [6, 6.07) is 0.604. The molecule has 2 unspecified atom stereocenters. The van der Waals surface area contributed by atoms with Gasteiger partial charge in [0.15, 0.2) is 0 Å². The van der Waals surface area contributed by atoms with Gasteiger partial charge >= 0.3 is 0 Å². The second-order valence-corrected chi connectivity index (χ2v) is 7.34. The molecule has 1 aliphatic heterocycles. The van der Waals surface area contributed by atoms with E-state index in [4.69, 9.17) is 0 Å². The van der Waals surface area contributed by atoms with E-state index in [0.29, 0.717) is 11.5 Å². The molecule has 2 heteroatoms. The minimum atomic E-state index is 0.406.